The Labute approximate surface area is 48.6 Å². The molecule has 0 aliphatic heterocycles. The molecular weight excluding hydrogens is 215 g/mol. The SMILES string of the molecule is [F-].[F-].[F-].[F-].[F-].[F-].[Ru+6]. The Bertz CT molecular complexity index is 4.14. The molecule has 0 fully saturated rings. The van der Waals surface area contributed by atoms with E-state index in [1.807, 2.05) is 0 Å². The van der Waals surface area contributed by atoms with Gasteiger partial charge in [-0.05, 0) is 0 Å². The minimum absolute atomic E-state index is 0. The minimum atomic E-state index is 0. The molecule has 7 heteroatoms. The van der Waals surface area contributed by atoms with Crippen molar-refractivity contribution in [3.05, 3.63) is 0 Å². The zero-order valence-electron chi connectivity index (χ0n) is 2.62. The molecule has 0 unspecified atom stereocenters. The van der Waals surface area contributed by atoms with Gasteiger partial charge >= 0.3 is 19.5 Å². The molecule has 0 aromatic rings. The van der Waals surface area contributed by atoms with E-state index in [1.54, 1.807) is 0 Å². The van der Waals surface area contributed by atoms with Crippen LogP contribution < -0.4 is 28.2 Å². The van der Waals surface area contributed by atoms with Crippen LogP contribution in [-0.4, -0.2) is 0 Å². The van der Waals surface area contributed by atoms with Gasteiger partial charge in [-0.1, -0.05) is 0 Å². The monoisotopic (exact) mass is 216 g/mol. The Hall–Kier alpha value is 0.203. The predicted molar refractivity (Wildman–Crippen MR) is 0 cm³/mol. The van der Waals surface area contributed by atoms with E-state index in [2.05, 4.69) is 0 Å². The molecule has 0 spiro atoms. The minimum Gasteiger partial charge on any atom is -1.00 e. The van der Waals surface area contributed by atoms with Crippen molar-refractivity contribution in [3.63, 3.8) is 0 Å². The summed E-state index contributed by atoms with van der Waals surface area (Å²) in [5.41, 5.74) is 0. The first kappa shape index (κ1) is 6700. The van der Waals surface area contributed by atoms with Crippen molar-refractivity contribution in [2.24, 2.45) is 0 Å². The standard InChI is InChI=1S/6FH.Ru/h6*1H;/q;;;;;;+6/p-6. The van der Waals surface area contributed by atoms with Gasteiger partial charge in [0.1, 0.15) is 0 Å². The Balaban J connectivity index is 0. The summed E-state index contributed by atoms with van der Waals surface area (Å²) in [4.78, 5) is 0. The van der Waals surface area contributed by atoms with Crippen molar-refractivity contribution in [3.8, 4) is 0 Å². The van der Waals surface area contributed by atoms with Crippen molar-refractivity contribution in [2.75, 3.05) is 0 Å². The molecule has 0 aromatic carbocycles. The van der Waals surface area contributed by atoms with Gasteiger partial charge in [0, 0.05) is 0 Å². The van der Waals surface area contributed by atoms with Gasteiger partial charge in [0.15, 0.2) is 0 Å². The smallest absolute Gasteiger partial charge is 1.00 e. The molecule has 0 radical (unpaired) electrons. The molecule has 0 bridgehead atoms. The van der Waals surface area contributed by atoms with E-state index in [9.17, 15) is 0 Å². The summed E-state index contributed by atoms with van der Waals surface area (Å²) in [5.74, 6) is 0. The predicted octanol–water partition coefficient (Wildman–Crippen LogP) is -18.0. The van der Waals surface area contributed by atoms with Gasteiger partial charge in [0.25, 0.3) is 0 Å². The second kappa shape index (κ2) is 4060. The van der Waals surface area contributed by atoms with Gasteiger partial charge < -0.3 is 28.2 Å². The summed E-state index contributed by atoms with van der Waals surface area (Å²) in [5, 5.41) is 0. The number of hydrogen-bond donors (Lipinski definition) is 0. The molecule has 0 saturated heterocycles. The van der Waals surface area contributed by atoms with Crippen LogP contribution in [0, 0.1) is 0 Å². The number of halogens is 6. The van der Waals surface area contributed by atoms with E-state index in [0.29, 0.717) is 0 Å². The van der Waals surface area contributed by atoms with E-state index in [1.165, 1.54) is 0 Å². The summed E-state index contributed by atoms with van der Waals surface area (Å²) in [7, 11) is 0. The molecule has 0 nitrogen and oxygen atoms in total. The average molecular weight is 215 g/mol. The van der Waals surface area contributed by atoms with E-state index >= 15 is 0 Å². The Morgan fingerprint density at radius 3 is 0.286 bits per heavy atom. The van der Waals surface area contributed by atoms with Crippen LogP contribution in [-0.2, 0) is 19.5 Å². The third kappa shape index (κ3) is 2650. The fourth-order valence-electron chi connectivity index (χ4n) is 0. The largest absolute Gasteiger partial charge is 6.00 e. The molecule has 0 aromatic heterocycles. The van der Waals surface area contributed by atoms with Crippen molar-refractivity contribution in [1.29, 1.82) is 0 Å². The van der Waals surface area contributed by atoms with Crippen LogP contribution in [0.4, 0.5) is 0 Å². The molecular formula is F6Ru. The summed E-state index contributed by atoms with van der Waals surface area (Å²) >= 11 is 0. The van der Waals surface area contributed by atoms with Crippen LogP contribution in [0.15, 0.2) is 0 Å². The topological polar surface area (TPSA) is 0 Å². The zero-order valence-corrected chi connectivity index (χ0v) is 4.36. The van der Waals surface area contributed by atoms with Gasteiger partial charge in [-0.2, -0.15) is 0 Å². The Kier molecular flexibility index (Phi) is 3890000. The molecule has 0 atom stereocenters. The van der Waals surface area contributed by atoms with Gasteiger partial charge in [-0.15, -0.1) is 0 Å². The fraction of sp³-hybridized carbons (Fsp3) is 0. The first-order chi connectivity index (χ1) is 0. The van der Waals surface area contributed by atoms with E-state index in [4.69, 9.17) is 0 Å². The van der Waals surface area contributed by atoms with Gasteiger partial charge in [0.05, 0.1) is 0 Å². The van der Waals surface area contributed by atoms with E-state index in [0.717, 1.165) is 0 Å². The summed E-state index contributed by atoms with van der Waals surface area (Å²) in [6.07, 6.45) is 0. The van der Waals surface area contributed by atoms with E-state index < -0.39 is 0 Å². The molecule has 7 heavy (non-hydrogen) atoms. The maximum absolute atomic E-state index is 0. The van der Waals surface area contributed by atoms with Crippen LogP contribution in [0.25, 0.3) is 0 Å². The van der Waals surface area contributed by atoms with Gasteiger partial charge in [0.2, 0.25) is 0 Å². The normalized spacial score (nSPS) is 0. The van der Waals surface area contributed by atoms with Gasteiger partial charge in [-0.25, -0.2) is 0 Å². The summed E-state index contributed by atoms with van der Waals surface area (Å²) in [6.45, 7) is 0. The van der Waals surface area contributed by atoms with Crippen molar-refractivity contribution in [1.82, 2.24) is 0 Å². The molecule has 0 heterocycles. The fourth-order valence-corrected chi connectivity index (χ4v) is 0. The summed E-state index contributed by atoms with van der Waals surface area (Å²) in [6, 6.07) is 0. The second-order valence-electron chi connectivity index (χ2n) is 0. The first-order valence-electron chi connectivity index (χ1n) is 0. The molecule has 0 aliphatic carbocycles. The molecule has 0 saturated carbocycles. The Morgan fingerprint density at radius 1 is 0.286 bits per heavy atom. The summed E-state index contributed by atoms with van der Waals surface area (Å²) < 4.78 is 0. The van der Waals surface area contributed by atoms with Crippen LogP contribution in [0.1, 0.15) is 0 Å². The van der Waals surface area contributed by atoms with Crippen LogP contribution in [0.3, 0.4) is 0 Å². The van der Waals surface area contributed by atoms with E-state index in [-0.39, 0.29) is 47.7 Å². The van der Waals surface area contributed by atoms with Crippen LogP contribution >= 0.6 is 0 Å². The average Bonchev–Trinajstić information content (AvgIpc) is 0. The van der Waals surface area contributed by atoms with Crippen molar-refractivity contribution in [2.45, 2.75) is 0 Å². The maximum atomic E-state index is 0. The quantitative estimate of drug-likeness (QED) is 0.278. The molecule has 50 valence electrons. The Morgan fingerprint density at radius 2 is 0.286 bits per heavy atom. The zero-order chi connectivity index (χ0) is 0. The molecule has 0 rings (SSSR count). The third-order valence-electron chi connectivity index (χ3n) is 0. The first-order valence-corrected chi connectivity index (χ1v) is 0. The van der Waals surface area contributed by atoms with Crippen molar-refractivity contribution < 1.29 is 47.7 Å². The molecule has 0 aliphatic rings. The van der Waals surface area contributed by atoms with Crippen molar-refractivity contribution >= 4 is 0 Å². The third-order valence-corrected chi connectivity index (χ3v) is 0. The second-order valence-corrected chi connectivity index (χ2v) is 0. The molecule has 0 amide bonds. The van der Waals surface area contributed by atoms with Crippen LogP contribution in [0.2, 0.25) is 0 Å². The number of rotatable bonds is 0. The van der Waals surface area contributed by atoms with Crippen LogP contribution in [0.5, 0.6) is 0 Å². The molecule has 0 N–H and O–H groups in total. The number of hydrogen-bond acceptors (Lipinski definition) is 0. The van der Waals surface area contributed by atoms with Gasteiger partial charge in [-0.3, -0.25) is 0 Å². The maximum Gasteiger partial charge on any atom is 6.00 e.